The second-order valence-electron chi connectivity index (χ2n) is 18.7. The molecule has 0 aliphatic rings. The van der Waals surface area contributed by atoms with Gasteiger partial charge in [-0.05, 0) is 0 Å². The molecule has 0 aliphatic heterocycles. The van der Waals surface area contributed by atoms with E-state index in [1.807, 2.05) is 12.2 Å². The van der Waals surface area contributed by atoms with Crippen LogP contribution < -0.4 is 41.3 Å². The Hall–Kier alpha value is -6.30. The molecule has 0 saturated heterocycles. The fourth-order valence-corrected chi connectivity index (χ4v) is 20.5. The van der Waals surface area contributed by atoms with Gasteiger partial charge in [-0.25, -0.2) is 0 Å². The third-order valence-corrected chi connectivity index (χ3v) is 24.3. The Kier molecular flexibility index (Phi) is 18.7. The van der Waals surface area contributed by atoms with Gasteiger partial charge in [0.2, 0.25) is 0 Å². The van der Waals surface area contributed by atoms with E-state index in [-0.39, 0.29) is 0 Å². The molecule has 0 atom stereocenters. The second-order valence-corrected chi connectivity index (χ2v) is 26.8. The number of allylic oxidation sites excluding steroid dienone is 2. The molecule has 0 fully saturated rings. The minimum atomic E-state index is -2.22. The average molecular weight is 959 g/mol. The molecule has 0 N–H and O–H groups in total. The molecule has 70 heavy (non-hydrogen) atoms. The first-order chi connectivity index (χ1) is 34.7. The molecule has 358 valence electrons. The molecule has 0 aliphatic carbocycles. The summed E-state index contributed by atoms with van der Waals surface area (Å²) in [7, 11) is -4.43. The van der Waals surface area contributed by atoms with Gasteiger partial charge in [0.05, 0.1) is 0 Å². The van der Waals surface area contributed by atoms with E-state index < -0.39 is 14.5 Å². The van der Waals surface area contributed by atoms with Crippen LogP contribution >= 0.6 is 14.5 Å². The predicted octanol–water partition coefficient (Wildman–Crippen LogP) is 14.1. The van der Waals surface area contributed by atoms with E-state index in [0.29, 0.717) is 13.2 Å². The normalized spacial score (nSPS) is 11.9. The van der Waals surface area contributed by atoms with Crippen LogP contribution in [0.5, 0.6) is 11.5 Å². The fourth-order valence-electron chi connectivity index (χ4n) is 10.7. The Morgan fingerprint density at radius 2 is 0.700 bits per heavy atom. The molecule has 2 nitrogen and oxygen atoms in total. The van der Waals surface area contributed by atoms with Crippen molar-refractivity contribution in [1.82, 2.24) is 0 Å². The van der Waals surface area contributed by atoms with E-state index in [2.05, 4.69) is 232 Å². The third-order valence-electron chi connectivity index (χ3n) is 14.2. The van der Waals surface area contributed by atoms with Crippen LogP contribution in [-0.2, 0) is 12.8 Å². The molecule has 0 spiro atoms. The van der Waals surface area contributed by atoms with Crippen LogP contribution in [0.1, 0.15) is 62.5 Å². The summed E-state index contributed by atoms with van der Waals surface area (Å²) in [5.74, 6) is 1.87. The van der Waals surface area contributed by atoms with Gasteiger partial charge in [0, 0.05) is 0 Å². The first-order valence-electron chi connectivity index (χ1n) is 25.7. The topological polar surface area (TPSA) is 18.5 Å². The number of unbranched alkanes of at least 4 members (excludes halogenated alkanes) is 6. The van der Waals surface area contributed by atoms with Crippen molar-refractivity contribution < 1.29 is 9.47 Å². The van der Waals surface area contributed by atoms with Crippen molar-refractivity contribution in [3.8, 4) is 22.6 Å². The Morgan fingerprint density at radius 3 is 1.09 bits per heavy atom. The quantitative estimate of drug-likeness (QED) is 0.0290. The van der Waals surface area contributed by atoms with Crippen molar-refractivity contribution in [3.05, 3.63) is 255 Å². The van der Waals surface area contributed by atoms with Gasteiger partial charge in [-0.3, -0.25) is 0 Å². The van der Waals surface area contributed by atoms with Crippen LogP contribution in [0.4, 0.5) is 0 Å². The number of ether oxygens (including phenoxy) is 2. The molecular weight excluding hydrogens is 887 g/mol. The zero-order valence-electron chi connectivity index (χ0n) is 41.1. The summed E-state index contributed by atoms with van der Waals surface area (Å²) < 4.78 is 13.2. The first-order valence-corrected chi connectivity index (χ1v) is 30.1. The van der Waals surface area contributed by atoms with E-state index in [9.17, 15) is 0 Å². The molecule has 8 aromatic carbocycles. The van der Waals surface area contributed by atoms with Crippen LogP contribution in [0.2, 0.25) is 0 Å². The number of hydrogen-bond acceptors (Lipinski definition) is 2. The monoisotopic (exact) mass is 959 g/mol. The SMILES string of the molecule is C=CCc1ccc(OCCCCCC[PH](c2ccccc2)(c2ccccc2)c2ccccc2)c(-c2ccc(OCCCCCC[PH](c3ccccc3)(c3ccccc3)c3ccccc3)c(CC=C)c2)c1. The van der Waals surface area contributed by atoms with Gasteiger partial charge < -0.3 is 0 Å². The maximum atomic E-state index is 6.65. The molecule has 0 aromatic heterocycles. The van der Waals surface area contributed by atoms with Gasteiger partial charge in [0.15, 0.2) is 0 Å². The number of rotatable bonds is 27. The summed E-state index contributed by atoms with van der Waals surface area (Å²) in [5, 5.41) is 8.90. The van der Waals surface area contributed by atoms with Gasteiger partial charge in [-0.2, -0.15) is 0 Å². The summed E-state index contributed by atoms with van der Waals surface area (Å²) in [4.78, 5) is 0. The van der Waals surface area contributed by atoms with Gasteiger partial charge in [0.25, 0.3) is 0 Å². The molecular formula is C66H72O2P2. The molecule has 0 bridgehead atoms. The van der Waals surface area contributed by atoms with E-state index in [0.717, 1.165) is 66.7 Å². The average Bonchev–Trinajstić information content (AvgIpc) is 3.42. The van der Waals surface area contributed by atoms with Crippen LogP contribution in [0.25, 0.3) is 11.1 Å². The van der Waals surface area contributed by atoms with Crippen LogP contribution in [0, 0.1) is 0 Å². The summed E-state index contributed by atoms with van der Waals surface area (Å²) in [6.45, 7) is 9.52. The molecule has 0 radical (unpaired) electrons. The Morgan fingerprint density at radius 1 is 0.343 bits per heavy atom. The molecule has 0 heterocycles. The van der Waals surface area contributed by atoms with Crippen molar-refractivity contribution in [2.24, 2.45) is 0 Å². The zero-order valence-corrected chi connectivity index (χ0v) is 43.1. The van der Waals surface area contributed by atoms with Crippen LogP contribution in [0.15, 0.2) is 244 Å². The number of hydrogen-bond donors (Lipinski definition) is 0. The Labute approximate surface area is 420 Å². The summed E-state index contributed by atoms with van der Waals surface area (Å²) in [6, 6.07) is 80.9. The van der Waals surface area contributed by atoms with E-state index in [1.54, 1.807) is 0 Å². The van der Waals surface area contributed by atoms with E-state index >= 15 is 0 Å². The van der Waals surface area contributed by atoms with Crippen LogP contribution in [0.3, 0.4) is 0 Å². The Bertz CT molecular complexity index is 2600. The van der Waals surface area contributed by atoms with Crippen molar-refractivity contribution in [2.45, 2.75) is 64.2 Å². The minimum absolute atomic E-state index is 0.682. The van der Waals surface area contributed by atoms with Gasteiger partial charge in [0.1, 0.15) is 0 Å². The summed E-state index contributed by atoms with van der Waals surface area (Å²) >= 11 is 0. The Balaban J connectivity index is 0.874. The van der Waals surface area contributed by atoms with Gasteiger partial charge in [-0.15, -0.1) is 6.58 Å². The van der Waals surface area contributed by atoms with Gasteiger partial charge in [-0.1, -0.05) is 6.08 Å². The molecule has 8 aromatic rings. The van der Waals surface area contributed by atoms with Crippen molar-refractivity contribution in [2.75, 3.05) is 25.5 Å². The summed E-state index contributed by atoms with van der Waals surface area (Å²) in [5.41, 5.74) is 4.62. The number of benzene rings is 8. The molecule has 0 amide bonds. The predicted molar refractivity (Wildman–Crippen MR) is 310 cm³/mol. The van der Waals surface area contributed by atoms with E-state index in [1.165, 1.54) is 75.4 Å². The zero-order chi connectivity index (χ0) is 48.1. The van der Waals surface area contributed by atoms with E-state index in [4.69, 9.17) is 9.47 Å². The van der Waals surface area contributed by atoms with Crippen molar-refractivity contribution in [1.29, 1.82) is 0 Å². The van der Waals surface area contributed by atoms with Crippen LogP contribution in [-0.4, -0.2) is 25.5 Å². The second kappa shape index (κ2) is 26.1. The first kappa shape index (κ1) is 50.1. The molecule has 4 heteroatoms. The third kappa shape index (κ3) is 12.3. The summed E-state index contributed by atoms with van der Waals surface area (Å²) in [6.07, 6.45) is 16.8. The molecule has 0 unspecified atom stereocenters. The standard InChI is InChI=1S/C66H72O2P2/c1-3-31-55-45-47-66(68-50-28-6-8-30-52-70(61-39-21-12-22-40-61,62-41-23-13-24-42-62)63-43-25-14-26-44-63)64(53-55)56-46-48-65(57(54-56)32-4-2)67-49-27-5-7-29-51-69(58-33-15-9-16-34-58,59-35-17-10-18-36-59)60-37-19-11-20-38-60/h3-4,9-26,33-48,53-54,69-70H,1-2,5-8,27-32,49-52H2. The fraction of sp³-hybridized carbons (Fsp3) is 0.212. The van der Waals surface area contributed by atoms with Crippen molar-refractivity contribution in [3.63, 3.8) is 0 Å². The van der Waals surface area contributed by atoms with Crippen molar-refractivity contribution >= 4 is 46.4 Å². The van der Waals surface area contributed by atoms with Gasteiger partial charge >= 0.3 is 410 Å². The molecule has 0 saturated carbocycles. The maximum absolute atomic E-state index is 6.65. The molecule has 8 rings (SSSR count).